The van der Waals surface area contributed by atoms with E-state index >= 15 is 0 Å². The minimum atomic E-state index is 0.216. The topological polar surface area (TPSA) is 20.3 Å². The zero-order valence-electron chi connectivity index (χ0n) is 9.98. The average Bonchev–Trinajstić information content (AvgIpc) is 2.97. The molecule has 1 aromatic heterocycles. The van der Waals surface area contributed by atoms with E-state index in [1.165, 1.54) is 17.7 Å². The van der Waals surface area contributed by atoms with Crippen molar-refractivity contribution in [3.05, 3.63) is 22.4 Å². The lowest BCUT2D eigenvalue weighted by Crippen LogP contribution is -2.33. The highest BCUT2D eigenvalue weighted by Crippen LogP contribution is 2.30. The molecule has 1 atom stereocenters. The van der Waals surface area contributed by atoms with Gasteiger partial charge in [0.2, 0.25) is 5.91 Å². The lowest BCUT2D eigenvalue weighted by molar-refractivity contribution is -0.135. The van der Waals surface area contributed by atoms with E-state index in [4.69, 9.17) is 0 Å². The standard InChI is InChI=1S/C13H19NOS/c1-10(12-8-5-9-16-12)14(2)13(15)11-6-3-4-7-11/h5,8-11H,3-4,6-7H2,1-2H3. The molecule has 1 heterocycles. The summed E-state index contributed by atoms with van der Waals surface area (Å²) in [6.45, 7) is 2.11. The lowest BCUT2D eigenvalue weighted by atomic mass is 10.1. The molecule has 0 aliphatic heterocycles. The highest BCUT2D eigenvalue weighted by molar-refractivity contribution is 7.10. The predicted molar refractivity (Wildman–Crippen MR) is 67.5 cm³/mol. The van der Waals surface area contributed by atoms with Crippen LogP contribution in [0.3, 0.4) is 0 Å². The molecule has 2 rings (SSSR count). The first-order chi connectivity index (χ1) is 7.70. The normalized spacial score (nSPS) is 18.6. The van der Waals surface area contributed by atoms with Crippen LogP contribution in [0.4, 0.5) is 0 Å². The Balaban J connectivity index is 2.01. The van der Waals surface area contributed by atoms with E-state index in [-0.39, 0.29) is 12.0 Å². The quantitative estimate of drug-likeness (QED) is 0.788. The summed E-state index contributed by atoms with van der Waals surface area (Å²) in [7, 11) is 1.94. The third-order valence-electron chi connectivity index (χ3n) is 3.59. The Morgan fingerprint density at radius 1 is 1.50 bits per heavy atom. The van der Waals surface area contributed by atoms with Crippen LogP contribution in [0, 0.1) is 5.92 Å². The molecule has 1 unspecified atom stereocenters. The minimum absolute atomic E-state index is 0.216. The summed E-state index contributed by atoms with van der Waals surface area (Å²) in [5.74, 6) is 0.616. The summed E-state index contributed by atoms with van der Waals surface area (Å²) in [6.07, 6.45) is 4.61. The molecule has 1 aromatic rings. The second-order valence-corrected chi connectivity index (χ2v) is 5.60. The number of carbonyl (C=O) groups excluding carboxylic acids is 1. The molecule has 1 aliphatic carbocycles. The Morgan fingerprint density at radius 2 is 2.19 bits per heavy atom. The average molecular weight is 237 g/mol. The molecular weight excluding hydrogens is 218 g/mol. The number of hydrogen-bond donors (Lipinski definition) is 0. The largest absolute Gasteiger partial charge is 0.338 e. The molecule has 2 nitrogen and oxygen atoms in total. The maximum Gasteiger partial charge on any atom is 0.225 e. The highest BCUT2D eigenvalue weighted by atomic mass is 32.1. The zero-order chi connectivity index (χ0) is 11.5. The highest BCUT2D eigenvalue weighted by Gasteiger charge is 2.28. The zero-order valence-corrected chi connectivity index (χ0v) is 10.8. The van der Waals surface area contributed by atoms with E-state index in [0.717, 1.165) is 12.8 Å². The third-order valence-corrected chi connectivity index (χ3v) is 4.63. The summed E-state index contributed by atoms with van der Waals surface area (Å²) in [5.41, 5.74) is 0. The van der Waals surface area contributed by atoms with Gasteiger partial charge in [0.1, 0.15) is 0 Å². The fourth-order valence-electron chi connectivity index (χ4n) is 2.37. The monoisotopic (exact) mass is 237 g/mol. The summed E-state index contributed by atoms with van der Waals surface area (Å²) >= 11 is 1.73. The van der Waals surface area contributed by atoms with Crippen LogP contribution in [-0.4, -0.2) is 17.9 Å². The van der Waals surface area contributed by atoms with Gasteiger partial charge in [-0.15, -0.1) is 11.3 Å². The molecular formula is C13H19NOS. The number of rotatable bonds is 3. The fraction of sp³-hybridized carbons (Fsp3) is 0.615. The Hall–Kier alpha value is -0.830. The van der Waals surface area contributed by atoms with E-state index in [1.807, 2.05) is 18.0 Å². The van der Waals surface area contributed by atoms with Crippen molar-refractivity contribution >= 4 is 17.2 Å². The molecule has 1 amide bonds. The third kappa shape index (κ3) is 2.29. The molecule has 0 radical (unpaired) electrons. The van der Waals surface area contributed by atoms with Crippen molar-refractivity contribution in [1.29, 1.82) is 0 Å². The Labute approximate surface area is 101 Å². The molecule has 0 aromatic carbocycles. The molecule has 88 valence electrons. The van der Waals surface area contributed by atoms with Crippen LogP contribution in [-0.2, 0) is 4.79 Å². The van der Waals surface area contributed by atoms with Gasteiger partial charge in [-0.1, -0.05) is 18.9 Å². The van der Waals surface area contributed by atoms with Crippen LogP contribution >= 0.6 is 11.3 Å². The molecule has 3 heteroatoms. The number of hydrogen-bond acceptors (Lipinski definition) is 2. The predicted octanol–water partition coefficient (Wildman–Crippen LogP) is 3.46. The van der Waals surface area contributed by atoms with E-state index in [2.05, 4.69) is 18.4 Å². The van der Waals surface area contributed by atoms with Crippen LogP contribution in [0.5, 0.6) is 0 Å². The van der Waals surface area contributed by atoms with Crippen molar-refractivity contribution in [2.45, 2.75) is 38.6 Å². The van der Waals surface area contributed by atoms with Gasteiger partial charge < -0.3 is 4.90 Å². The number of nitrogens with zero attached hydrogens (tertiary/aromatic N) is 1. The molecule has 16 heavy (non-hydrogen) atoms. The van der Waals surface area contributed by atoms with Gasteiger partial charge in [-0.05, 0) is 31.2 Å². The van der Waals surface area contributed by atoms with Crippen molar-refractivity contribution in [3.8, 4) is 0 Å². The lowest BCUT2D eigenvalue weighted by Gasteiger charge is -2.26. The first-order valence-electron chi connectivity index (χ1n) is 6.00. The Morgan fingerprint density at radius 3 is 2.75 bits per heavy atom. The molecule has 1 fully saturated rings. The number of carbonyl (C=O) groups is 1. The van der Waals surface area contributed by atoms with E-state index < -0.39 is 0 Å². The second-order valence-electron chi connectivity index (χ2n) is 4.62. The number of thiophene rings is 1. The smallest absolute Gasteiger partial charge is 0.225 e. The van der Waals surface area contributed by atoms with Gasteiger partial charge >= 0.3 is 0 Å². The Kier molecular flexibility index (Phi) is 3.64. The summed E-state index contributed by atoms with van der Waals surface area (Å²) in [5, 5.41) is 2.07. The van der Waals surface area contributed by atoms with Crippen molar-refractivity contribution in [3.63, 3.8) is 0 Å². The van der Waals surface area contributed by atoms with Gasteiger partial charge in [-0.3, -0.25) is 4.79 Å². The molecule has 0 spiro atoms. The van der Waals surface area contributed by atoms with Crippen molar-refractivity contribution < 1.29 is 4.79 Å². The Bertz CT molecular complexity index is 341. The van der Waals surface area contributed by atoms with Gasteiger partial charge in [0, 0.05) is 17.8 Å². The van der Waals surface area contributed by atoms with E-state index in [0.29, 0.717) is 5.91 Å². The number of amides is 1. The van der Waals surface area contributed by atoms with Crippen LogP contribution in [0.25, 0.3) is 0 Å². The van der Waals surface area contributed by atoms with Gasteiger partial charge in [-0.25, -0.2) is 0 Å². The van der Waals surface area contributed by atoms with Crippen molar-refractivity contribution in [2.75, 3.05) is 7.05 Å². The molecule has 0 saturated heterocycles. The molecule has 1 aliphatic rings. The second kappa shape index (κ2) is 5.00. The summed E-state index contributed by atoms with van der Waals surface area (Å²) in [6, 6.07) is 4.37. The van der Waals surface area contributed by atoms with Gasteiger partial charge in [0.05, 0.1) is 6.04 Å². The maximum atomic E-state index is 12.2. The van der Waals surface area contributed by atoms with E-state index in [9.17, 15) is 4.79 Å². The van der Waals surface area contributed by atoms with Gasteiger partial charge in [0.25, 0.3) is 0 Å². The SMILES string of the molecule is CC(c1cccs1)N(C)C(=O)C1CCCC1. The van der Waals surface area contributed by atoms with Crippen LogP contribution < -0.4 is 0 Å². The first-order valence-corrected chi connectivity index (χ1v) is 6.88. The van der Waals surface area contributed by atoms with E-state index in [1.54, 1.807) is 11.3 Å². The molecule has 0 bridgehead atoms. The summed E-state index contributed by atoms with van der Waals surface area (Å²) in [4.78, 5) is 15.4. The van der Waals surface area contributed by atoms with Gasteiger partial charge in [-0.2, -0.15) is 0 Å². The molecule has 0 N–H and O–H groups in total. The van der Waals surface area contributed by atoms with Crippen LogP contribution in [0.2, 0.25) is 0 Å². The first kappa shape index (κ1) is 11.6. The van der Waals surface area contributed by atoms with Crippen molar-refractivity contribution in [2.24, 2.45) is 5.92 Å². The molecule has 1 saturated carbocycles. The maximum absolute atomic E-state index is 12.2. The van der Waals surface area contributed by atoms with Crippen molar-refractivity contribution in [1.82, 2.24) is 4.90 Å². The van der Waals surface area contributed by atoms with Crippen LogP contribution in [0.1, 0.15) is 43.5 Å². The van der Waals surface area contributed by atoms with Crippen LogP contribution in [0.15, 0.2) is 17.5 Å². The minimum Gasteiger partial charge on any atom is -0.338 e. The fourth-order valence-corrected chi connectivity index (χ4v) is 3.20. The van der Waals surface area contributed by atoms with Gasteiger partial charge in [0.15, 0.2) is 0 Å². The summed E-state index contributed by atoms with van der Waals surface area (Å²) < 4.78 is 0.